The predicted octanol–water partition coefficient (Wildman–Crippen LogP) is 1.15. The zero-order chi connectivity index (χ0) is 20.8. The summed E-state index contributed by atoms with van der Waals surface area (Å²) in [6, 6.07) is 7.55. The van der Waals surface area contributed by atoms with Crippen LogP contribution in [0.25, 0.3) is 0 Å². The highest BCUT2D eigenvalue weighted by Gasteiger charge is 2.44. The number of imide groups is 1. The molecular weight excluding hydrogens is 372 g/mol. The normalized spacial score (nSPS) is 20.0. The smallest absolute Gasteiger partial charge is 0.257 e. The molecule has 2 saturated heterocycles. The molecule has 0 spiro atoms. The zero-order valence-corrected chi connectivity index (χ0v) is 16.7. The molecule has 8 nitrogen and oxygen atoms in total. The van der Waals surface area contributed by atoms with Crippen LogP contribution in [0.4, 0.5) is 5.69 Å². The third kappa shape index (κ3) is 4.81. The van der Waals surface area contributed by atoms with Crippen LogP contribution in [0.3, 0.4) is 0 Å². The van der Waals surface area contributed by atoms with E-state index in [1.165, 1.54) is 0 Å². The van der Waals surface area contributed by atoms with Gasteiger partial charge in [0, 0.05) is 32.6 Å². The lowest BCUT2D eigenvalue weighted by Gasteiger charge is -2.32. The van der Waals surface area contributed by atoms with Crippen molar-refractivity contribution in [2.24, 2.45) is 0 Å². The quantitative estimate of drug-likeness (QED) is 0.640. The standard InChI is InChI=1S/C21H26N4O4/c1-2-3-19(26)24(9-8-23-10-12-29-13-11-23)18-14-20(27)25(21(18)28)17-6-4-16(15-22)5-7-17/h4-7,18H,2-3,8-14H2,1H3. The number of hydrogen-bond donors (Lipinski definition) is 0. The first-order valence-electron chi connectivity index (χ1n) is 10.0. The van der Waals surface area contributed by atoms with Gasteiger partial charge in [-0.3, -0.25) is 19.3 Å². The molecular formula is C21H26N4O4. The van der Waals surface area contributed by atoms with Crippen molar-refractivity contribution in [2.45, 2.75) is 32.2 Å². The van der Waals surface area contributed by atoms with Gasteiger partial charge < -0.3 is 9.64 Å². The number of amides is 3. The van der Waals surface area contributed by atoms with E-state index in [2.05, 4.69) is 4.90 Å². The van der Waals surface area contributed by atoms with Crippen LogP contribution < -0.4 is 4.90 Å². The van der Waals surface area contributed by atoms with Crippen molar-refractivity contribution < 1.29 is 19.1 Å². The average molecular weight is 398 g/mol. The van der Waals surface area contributed by atoms with Crippen molar-refractivity contribution in [3.8, 4) is 6.07 Å². The molecule has 2 aliphatic rings. The maximum Gasteiger partial charge on any atom is 0.257 e. The van der Waals surface area contributed by atoms with Crippen LogP contribution in [0.2, 0.25) is 0 Å². The summed E-state index contributed by atoms with van der Waals surface area (Å²) in [4.78, 5) is 43.4. The highest BCUT2D eigenvalue weighted by atomic mass is 16.5. The molecule has 0 bridgehead atoms. The van der Waals surface area contributed by atoms with Crippen molar-refractivity contribution in [1.29, 1.82) is 5.26 Å². The lowest BCUT2D eigenvalue weighted by Crippen LogP contribution is -2.49. The maximum absolute atomic E-state index is 13.1. The molecule has 0 saturated carbocycles. The summed E-state index contributed by atoms with van der Waals surface area (Å²) in [6.07, 6.45) is 1.01. The Labute approximate surface area is 170 Å². The monoisotopic (exact) mass is 398 g/mol. The molecule has 154 valence electrons. The first-order valence-corrected chi connectivity index (χ1v) is 10.0. The van der Waals surface area contributed by atoms with Gasteiger partial charge in [-0.2, -0.15) is 5.26 Å². The fourth-order valence-electron chi connectivity index (χ4n) is 3.70. The summed E-state index contributed by atoms with van der Waals surface area (Å²) in [5.74, 6) is -0.815. The minimum absolute atomic E-state index is 0.0165. The first-order chi connectivity index (χ1) is 14.0. The van der Waals surface area contributed by atoms with E-state index in [1.54, 1.807) is 29.2 Å². The van der Waals surface area contributed by atoms with E-state index >= 15 is 0 Å². The molecule has 0 aromatic heterocycles. The molecule has 3 rings (SSSR count). The van der Waals surface area contributed by atoms with Gasteiger partial charge in [-0.05, 0) is 30.7 Å². The van der Waals surface area contributed by atoms with Gasteiger partial charge in [-0.25, -0.2) is 4.90 Å². The van der Waals surface area contributed by atoms with E-state index in [4.69, 9.17) is 10.00 Å². The van der Waals surface area contributed by atoms with E-state index in [0.717, 1.165) is 18.0 Å². The number of carbonyl (C=O) groups is 3. The van der Waals surface area contributed by atoms with Gasteiger partial charge in [0.1, 0.15) is 6.04 Å². The molecule has 0 N–H and O–H groups in total. The van der Waals surface area contributed by atoms with E-state index in [1.807, 2.05) is 13.0 Å². The SMILES string of the molecule is CCCC(=O)N(CCN1CCOCC1)C1CC(=O)N(c2ccc(C#N)cc2)C1=O. The number of carbonyl (C=O) groups excluding carboxylic acids is 3. The number of ether oxygens (including phenoxy) is 1. The summed E-state index contributed by atoms with van der Waals surface area (Å²) >= 11 is 0. The molecule has 1 aromatic carbocycles. The van der Waals surface area contributed by atoms with Gasteiger partial charge in [0.15, 0.2) is 0 Å². The Morgan fingerprint density at radius 3 is 2.55 bits per heavy atom. The summed E-state index contributed by atoms with van der Waals surface area (Å²) in [7, 11) is 0. The summed E-state index contributed by atoms with van der Waals surface area (Å²) in [5, 5.41) is 8.94. The van der Waals surface area contributed by atoms with Crippen LogP contribution in [0.15, 0.2) is 24.3 Å². The van der Waals surface area contributed by atoms with Gasteiger partial charge in [0.25, 0.3) is 5.91 Å². The molecule has 3 amide bonds. The number of morpholine rings is 1. The van der Waals surface area contributed by atoms with Gasteiger partial charge in [-0.15, -0.1) is 0 Å². The third-order valence-corrected chi connectivity index (χ3v) is 5.30. The molecule has 0 aliphatic carbocycles. The summed E-state index contributed by atoms with van der Waals surface area (Å²) in [5.41, 5.74) is 0.882. The molecule has 2 aliphatic heterocycles. The van der Waals surface area contributed by atoms with Crippen LogP contribution in [0.1, 0.15) is 31.7 Å². The molecule has 1 unspecified atom stereocenters. The van der Waals surface area contributed by atoms with Crippen LogP contribution in [-0.4, -0.2) is 73.0 Å². The van der Waals surface area contributed by atoms with Crippen molar-refractivity contribution in [3.05, 3.63) is 29.8 Å². The van der Waals surface area contributed by atoms with Crippen molar-refractivity contribution in [3.63, 3.8) is 0 Å². The molecule has 8 heteroatoms. The molecule has 1 aromatic rings. The van der Waals surface area contributed by atoms with Gasteiger partial charge in [-0.1, -0.05) is 6.92 Å². The fraction of sp³-hybridized carbons (Fsp3) is 0.524. The van der Waals surface area contributed by atoms with Crippen molar-refractivity contribution in [1.82, 2.24) is 9.80 Å². The lowest BCUT2D eigenvalue weighted by molar-refractivity contribution is -0.138. The Morgan fingerprint density at radius 2 is 1.93 bits per heavy atom. The molecule has 1 atom stereocenters. The maximum atomic E-state index is 13.1. The number of rotatable bonds is 7. The van der Waals surface area contributed by atoms with Crippen LogP contribution >= 0.6 is 0 Å². The van der Waals surface area contributed by atoms with Gasteiger partial charge in [0.2, 0.25) is 11.8 Å². The molecule has 29 heavy (non-hydrogen) atoms. The third-order valence-electron chi connectivity index (χ3n) is 5.30. The highest BCUT2D eigenvalue weighted by Crippen LogP contribution is 2.26. The van der Waals surface area contributed by atoms with E-state index in [9.17, 15) is 14.4 Å². The van der Waals surface area contributed by atoms with Crippen molar-refractivity contribution >= 4 is 23.4 Å². The molecule has 2 heterocycles. The number of nitriles is 1. The van der Waals surface area contributed by atoms with Crippen LogP contribution in [0.5, 0.6) is 0 Å². The van der Waals surface area contributed by atoms with Crippen molar-refractivity contribution in [2.75, 3.05) is 44.3 Å². The zero-order valence-electron chi connectivity index (χ0n) is 16.7. The second-order valence-electron chi connectivity index (χ2n) is 7.24. The fourth-order valence-corrected chi connectivity index (χ4v) is 3.70. The lowest BCUT2D eigenvalue weighted by atomic mass is 10.1. The Morgan fingerprint density at radius 1 is 1.24 bits per heavy atom. The van der Waals surface area contributed by atoms with Crippen LogP contribution in [-0.2, 0) is 19.1 Å². The molecule has 2 fully saturated rings. The van der Waals surface area contributed by atoms with Crippen LogP contribution in [0, 0.1) is 11.3 Å². The van der Waals surface area contributed by atoms with E-state index in [0.29, 0.717) is 50.4 Å². The summed E-state index contributed by atoms with van der Waals surface area (Å²) < 4.78 is 5.36. The number of hydrogen-bond acceptors (Lipinski definition) is 6. The second kappa shape index (κ2) is 9.63. The largest absolute Gasteiger partial charge is 0.379 e. The Bertz CT molecular complexity index is 796. The second-order valence-corrected chi connectivity index (χ2v) is 7.24. The van der Waals surface area contributed by atoms with Gasteiger partial charge >= 0.3 is 0 Å². The average Bonchev–Trinajstić information content (AvgIpc) is 3.03. The Balaban J connectivity index is 1.75. The minimum atomic E-state index is -0.779. The highest BCUT2D eigenvalue weighted by molar-refractivity contribution is 6.23. The van der Waals surface area contributed by atoms with E-state index in [-0.39, 0.29) is 24.1 Å². The number of anilines is 1. The Hall–Kier alpha value is -2.76. The summed E-state index contributed by atoms with van der Waals surface area (Å²) in [6.45, 7) is 5.89. The van der Waals surface area contributed by atoms with E-state index < -0.39 is 6.04 Å². The number of nitrogens with zero attached hydrogens (tertiary/aromatic N) is 4. The molecule has 0 radical (unpaired) electrons. The number of benzene rings is 1. The predicted molar refractivity (Wildman–Crippen MR) is 106 cm³/mol. The van der Waals surface area contributed by atoms with Gasteiger partial charge in [0.05, 0.1) is 37.0 Å². The minimum Gasteiger partial charge on any atom is -0.379 e. The Kier molecular flexibility index (Phi) is 6.96. The first kappa shape index (κ1) is 21.0. The topological polar surface area (TPSA) is 93.9 Å².